The zero-order chi connectivity index (χ0) is 15.1. The van der Waals surface area contributed by atoms with Gasteiger partial charge in [0.1, 0.15) is 11.6 Å². The lowest BCUT2D eigenvalue weighted by Crippen LogP contribution is -2.34. The fraction of sp³-hybridized carbons (Fsp3) is 0.500. The fourth-order valence-electron chi connectivity index (χ4n) is 2.21. The molecule has 2 rings (SSSR count). The van der Waals surface area contributed by atoms with Crippen LogP contribution in [-0.2, 0) is 24.3 Å². The van der Waals surface area contributed by atoms with E-state index in [4.69, 9.17) is 5.11 Å². The lowest BCUT2D eigenvalue weighted by Gasteiger charge is -2.21. The van der Waals surface area contributed by atoms with Gasteiger partial charge in [-0.2, -0.15) is 0 Å². The Morgan fingerprint density at radius 1 is 1.43 bits per heavy atom. The van der Waals surface area contributed by atoms with Crippen molar-refractivity contribution in [2.75, 3.05) is 13.2 Å². The Hall–Kier alpha value is -2.15. The number of aryl methyl sites for hydroxylation is 2. The molecule has 2 aromatic rings. The molecular weight excluding hydrogens is 270 g/mol. The van der Waals surface area contributed by atoms with E-state index in [0.29, 0.717) is 31.9 Å². The van der Waals surface area contributed by atoms with Crippen LogP contribution in [0.15, 0.2) is 24.8 Å². The molecule has 0 saturated carbocycles. The Morgan fingerprint density at radius 2 is 2.29 bits per heavy atom. The van der Waals surface area contributed by atoms with Crippen LogP contribution >= 0.6 is 0 Å². The summed E-state index contributed by atoms with van der Waals surface area (Å²) in [5, 5.41) is 9.11. The van der Waals surface area contributed by atoms with Crippen molar-refractivity contribution < 1.29 is 9.90 Å². The second-order valence-corrected chi connectivity index (χ2v) is 4.72. The number of rotatable bonds is 8. The first-order chi connectivity index (χ1) is 10.2. The molecule has 0 saturated heterocycles. The standard InChI is InChI=1S/C14H21N5O2/c1-2-13-17-6-8-18(13)7-3-14(21)19(9-10-20)11-12-15-4-5-16-12/h4-6,8,20H,2-3,7,9-11H2,1H3,(H,15,16). The first-order valence-electron chi connectivity index (χ1n) is 7.11. The smallest absolute Gasteiger partial charge is 0.224 e. The van der Waals surface area contributed by atoms with Crippen molar-refractivity contribution in [3.63, 3.8) is 0 Å². The predicted octanol–water partition coefficient (Wildman–Crippen LogP) is 0.580. The van der Waals surface area contributed by atoms with E-state index in [1.54, 1.807) is 23.5 Å². The number of aromatic nitrogens is 4. The molecule has 0 unspecified atom stereocenters. The van der Waals surface area contributed by atoms with Gasteiger partial charge in [0.25, 0.3) is 0 Å². The van der Waals surface area contributed by atoms with E-state index >= 15 is 0 Å². The van der Waals surface area contributed by atoms with Crippen molar-refractivity contribution in [2.45, 2.75) is 32.9 Å². The van der Waals surface area contributed by atoms with Gasteiger partial charge >= 0.3 is 0 Å². The SMILES string of the molecule is CCc1nccn1CCC(=O)N(CCO)Cc1ncc[nH]1. The van der Waals surface area contributed by atoms with E-state index in [2.05, 4.69) is 15.0 Å². The minimum Gasteiger partial charge on any atom is -0.395 e. The molecule has 0 aliphatic carbocycles. The number of amides is 1. The monoisotopic (exact) mass is 291 g/mol. The molecule has 7 heteroatoms. The second kappa shape index (κ2) is 7.58. The van der Waals surface area contributed by atoms with Crippen molar-refractivity contribution in [3.05, 3.63) is 36.4 Å². The molecule has 114 valence electrons. The van der Waals surface area contributed by atoms with E-state index in [0.717, 1.165) is 12.2 Å². The second-order valence-electron chi connectivity index (χ2n) is 4.72. The molecule has 1 amide bonds. The highest BCUT2D eigenvalue weighted by molar-refractivity contribution is 5.76. The highest BCUT2D eigenvalue weighted by Crippen LogP contribution is 2.05. The van der Waals surface area contributed by atoms with E-state index in [-0.39, 0.29) is 12.5 Å². The van der Waals surface area contributed by atoms with Crippen molar-refractivity contribution >= 4 is 5.91 Å². The van der Waals surface area contributed by atoms with Gasteiger partial charge < -0.3 is 19.6 Å². The van der Waals surface area contributed by atoms with Crippen LogP contribution in [0.3, 0.4) is 0 Å². The normalized spacial score (nSPS) is 10.8. The number of carbonyl (C=O) groups excluding carboxylic acids is 1. The van der Waals surface area contributed by atoms with Crippen molar-refractivity contribution in [1.29, 1.82) is 0 Å². The summed E-state index contributed by atoms with van der Waals surface area (Å²) in [7, 11) is 0. The number of nitrogens with one attached hydrogen (secondary N) is 1. The number of imidazole rings is 2. The Kier molecular flexibility index (Phi) is 5.51. The third-order valence-electron chi connectivity index (χ3n) is 3.30. The summed E-state index contributed by atoms with van der Waals surface area (Å²) < 4.78 is 1.99. The summed E-state index contributed by atoms with van der Waals surface area (Å²) >= 11 is 0. The van der Waals surface area contributed by atoms with E-state index < -0.39 is 0 Å². The lowest BCUT2D eigenvalue weighted by molar-refractivity contribution is -0.132. The van der Waals surface area contributed by atoms with Gasteiger partial charge in [0.05, 0.1) is 13.2 Å². The molecule has 7 nitrogen and oxygen atoms in total. The van der Waals surface area contributed by atoms with Crippen LogP contribution in [0.25, 0.3) is 0 Å². The maximum atomic E-state index is 12.3. The Bertz CT molecular complexity index is 549. The Labute approximate surface area is 123 Å². The average molecular weight is 291 g/mol. The summed E-state index contributed by atoms with van der Waals surface area (Å²) in [5.41, 5.74) is 0. The van der Waals surface area contributed by atoms with Crippen molar-refractivity contribution in [3.8, 4) is 0 Å². The average Bonchev–Trinajstić information content (AvgIpc) is 3.15. The summed E-state index contributed by atoms with van der Waals surface area (Å²) in [6.07, 6.45) is 8.22. The molecule has 0 bridgehead atoms. The van der Waals surface area contributed by atoms with E-state index in [9.17, 15) is 4.79 Å². The number of carbonyl (C=O) groups is 1. The predicted molar refractivity (Wildman–Crippen MR) is 77.3 cm³/mol. The van der Waals surface area contributed by atoms with Gasteiger partial charge in [-0.3, -0.25) is 4.79 Å². The first kappa shape index (κ1) is 15.2. The molecule has 0 aromatic carbocycles. The van der Waals surface area contributed by atoms with Gasteiger partial charge in [-0.25, -0.2) is 9.97 Å². The van der Waals surface area contributed by atoms with Crippen LogP contribution in [0, 0.1) is 0 Å². The highest BCUT2D eigenvalue weighted by atomic mass is 16.3. The summed E-state index contributed by atoms with van der Waals surface area (Å²) in [6.45, 7) is 3.27. The first-order valence-corrected chi connectivity index (χ1v) is 7.11. The summed E-state index contributed by atoms with van der Waals surface area (Å²) in [6, 6.07) is 0. The Balaban J connectivity index is 1.92. The topological polar surface area (TPSA) is 87.0 Å². The third-order valence-corrected chi connectivity index (χ3v) is 3.30. The molecule has 0 atom stereocenters. The molecule has 0 fully saturated rings. The zero-order valence-electron chi connectivity index (χ0n) is 12.2. The van der Waals surface area contributed by atoms with Crippen molar-refractivity contribution in [1.82, 2.24) is 24.4 Å². The number of hydrogen-bond acceptors (Lipinski definition) is 4. The number of nitrogens with zero attached hydrogens (tertiary/aromatic N) is 4. The van der Waals surface area contributed by atoms with E-state index in [1.165, 1.54) is 0 Å². The molecule has 0 spiro atoms. The van der Waals surface area contributed by atoms with Gasteiger partial charge in [0, 0.05) is 50.7 Å². The number of H-pyrrole nitrogens is 1. The molecule has 2 heterocycles. The number of aromatic amines is 1. The summed E-state index contributed by atoms with van der Waals surface area (Å²) in [4.78, 5) is 25.2. The fourth-order valence-corrected chi connectivity index (χ4v) is 2.21. The van der Waals surface area contributed by atoms with Gasteiger partial charge in [0.2, 0.25) is 5.91 Å². The van der Waals surface area contributed by atoms with Crippen LogP contribution in [0.2, 0.25) is 0 Å². The largest absolute Gasteiger partial charge is 0.395 e. The number of aliphatic hydroxyl groups excluding tert-OH is 1. The van der Waals surface area contributed by atoms with Crippen LogP contribution in [0.4, 0.5) is 0 Å². The highest BCUT2D eigenvalue weighted by Gasteiger charge is 2.15. The van der Waals surface area contributed by atoms with Gasteiger partial charge in [-0.15, -0.1) is 0 Å². The molecule has 0 radical (unpaired) electrons. The van der Waals surface area contributed by atoms with Crippen LogP contribution in [0.1, 0.15) is 25.0 Å². The van der Waals surface area contributed by atoms with Crippen LogP contribution in [0.5, 0.6) is 0 Å². The lowest BCUT2D eigenvalue weighted by atomic mass is 10.3. The minimum atomic E-state index is -0.0578. The molecular formula is C14H21N5O2. The molecule has 2 aromatic heterocycles. The van der Waals surface area contributed by atoms with Crippen molar-refractivity contribution in [2.24, 2.45) is 0 Å². The van der Waals surface area contributed by atoms with Crippen LogP contribution in [-0.4, -0.2) is 48.6 Å². The van der Waals surface area contributed by atoms with Gasteiger partial charge in [0.15, 0.2) is 0 Å². The maximum absolute atomic E-state index is 12.3. The number of aliphatic hydroxyl groups is 1. The van der Waals surface area contributed by atoms with E-state index in [1.807, 2.05) is 17.7 Å². The minimum absolute atomic E-state index is 0.00352. The van der Waals surface area contributed by atoms with Gasteiger partial charge in [-0.1, -0.05) is 6.92 Å². The zero-order valence-corrected chi connectivity index (χ0v) is 12.2. The quantitative estimate of drug-likeness (QED) is 0.745. The van der Waals surface area contributed by atoms with Gasteiger partial charge in [-0.05, 0) is 0 Å². The molecule has 0 aliphatic heterocycles. The maximum Gasteiger partial charge on any atom is 0.224 e. The summed E-state index contributed by atoms with van der Waals surface area (Å²) in [5.74, 6) is 1.69. The molecule has 2 N–H and O–H groups in total. The molecule has 0 aliphatic rings. The molecule has 21 heavy (non-hydrogen) atoms. The Morgan fingerprint density at radius 3 is 2.95 bits per heavy atom. The van der Waals surface area contributed by atoms with Crippen LogP contribution < -0.4 is 0 Å². The third kappa shape index (κ3) is 4.16. The number of hydrogen-bond donors (Lipinski definition) is 2.